The molecule has 0 atom stereocenters. The van der Waals surface area contributed by atoms with Crippen molar-refractivity contribution in [1.29, 1.82) is 0 Å². The van der Waals surface area contributed by atoms with Crippen molar-refractivity contribution in [2.45, 2.75) is 13.3 Å². The summed E-state index contributed by atoms with van der Waals surface area (Å²) in [5, 5.41) is 7.13. The third-order valence-corrected chi connectivity index (χ3v) is 4.20. The second-order valence-corrected chi connectivity index (χ2v) is 6.41. The van der Waals surface area contributed by atoms with Crippen molar-refractivity contribution < 1.29 is 18.7 Å². The highest BCUT2D eigenvalue weighted by Crippen LogP contribution is 2.20. The van der Waals surface area contributed by atoms with Crippen LogP contribution < -0.4 is 5.32 Å². The van der Waals surface area contributed by atoms with Crippen LogP contribution >= 0.6 is 11.6 Å². The van der Waals surface area contributed by atoms with Gasteiger partial charge in [-0.3, -0.25) is 9.59 Å². The molecule has 28 heavy (non-hydrogen) atoms. The molecule has 1 N–H and O–H groups in total. The van der Waals surface area contributed by atoms with Crippen molar-refractivity contribution in [2.75, 3.05) is 11.9 Å². The van der Waals surface area contributed by atoms with Gasteiger partial charge < -0.3 is 10.1 Å². The van der Waals surface area contributed by atoms with Crippen LogP contribution in [0.4, 0.5) is 10.2 Å². The van der Waals surface area contributed by atoms with Crippen LogP contribution in [0.3, 0.4) is 0 Å². The van der Waals surface area contributed by atoms with E-state index in [9.17, 15) is 14.0 Å². The minimum absolute atomic E-state index is 0.0346. The molecule has 0 bridgehead atoms. The van der Waals surface area contributed by atoms with E-state index in [4.69, 9.17) is 16.3 Å². The average Bonchev–Trinajstić information content (AvgIpc) is 3.04. The van der Waals surface area contributed by atoms with Crippen LogP contribution in [-0.2, 0) is 20.7 Å². The zero-order valence-corrected chi connectivity index (χ0v) is 15.7. The zero-order valence-electron chi connectivity index (χ0n) is 15.0. The molecule has 1 heterocycles. The van der Waals surface area contributed by atoms with E-state index in [0.29, 0.717) is 11.5 Å². The summed E-state index contributed by atoms with van der Waals surface area (Å²) in [7, 11) is 0. The van der Waals surface area contributed by atoms with Crippen molar-refractivity contribution in [2.24, 2.45) is 0 Å². The molecule has 144 valence electrons. The lowest BCUT2D eigenvalue weighted by Crippen LogP contribution is -2.23. The molecular weight excluding hydrogens is 385 g/mol. The third-order valence-electron chi connectivity index (χ3n) is 3.85. The van der Waals surface area contributed by atoms with E-state index in [-0.39, 0.29) is 17.0 Å². The maximum absolute atomic E-state index is 13.7. The van der Waals surface area contributed by atoms with E-state index in [1.165, 1.54) is 18.2 Å². The van der Waals surface area contributed by atoms with E-state index in [1.54, 1.807) is 17.7 Å². The van der Waals surface area contributed by atoms with Gasteiger partial charge in [-0.25, -0.2) is 9.07 Å². The van der Waals surface area contributed by atoms with E-state index in [2.05, 4.69) is 10.4 Å². The maximum atomic E-state index is 13.7. The largest absolute Gasteiger partial charge is 0.455 e. The molecule has 0 aliphatic carbocycles. The van der Waals surface area contributed by atoms with Crippen LogP contribution in [0.2, 0.25) is 5.02 Å². The van der Waals surface area contributed by atoms with Crippen molar-refractivity contribution in [1.82, 2.24) is 9.78 Å². The highest BCUT2D eigenvalue weighted by molar-refractivity contribution is 6.31. The minimum Gasteiger partial charge on any atom is -0.455 e. The van der Waals surface area contributed by atoms with E-state index < -0.39 is 24.3 Å². The van der Waals surface area contributed by atoms with Gasteiger partial charge in [0.25, 0.3) is 5.91 Å². The number of hydrogen-bond donors (Lipinski definition) is 1. The first-order chi connectivity index (χ1) is 13.4. The third kappa shape index (κ3) is 4.75. The lowest BCUT2D eigenvalue weighted by atomic mass is 10.1. The van der Waals surface area contributed by atoms with Crippen LogP contribution in [0.1, 0.15) is 11.3 Å². The molecule has 0 aliphatic rings. The Kier molecular flexibility index (Phi) is 6.06. The van der Waals surface area contributed by atoms with Crippen molar-refractivity contribution in [3.8, 4) is 5.69 Å². The number of para-hydroxylation sites is 1. The lowest BCUT2D eigenvalue weighted by molar-refractivity contribution is -0.146. The fraction of sp³-hybridized carbons (Fsp3) is 0.150. The fourth-order valence-electron chi connectivity index (χ4n) is 2.58. The molecule has 0 unspecified atom stereocenters. The fourth-order valence-corrected chi connectivity index (χ4v) is 2.81. The van der Waals surface area contributed by atoms with E-state index in [0.717, 1.165) is 5.69 Å². The number of rotatable bonds is 6. The molecule has 0 saturated heterocycles. The molecule has 0 aliphatic heterocycles. The van der Waals surface area contributed by atoms with Crippen molar-refractivity contribution in [3.05, 3.63) is 76.7 Å². The predicted octanol–water partition coefficient (Wildman–Crippen LogP) is 3.70. The van der Waals surface area contributed by atoms with Crippen LogP contribution in [0.25, 0.3) is 5.69 Å². The molecule has 0 radical (unpaired) electrons. The van der Waals surface area contributed by atoms with Gasteiger partial charge in [-0.1, -0.05) is 35.9 Å². The van der Waals surface area contributed by atoms with Gasteiger partial charge in [0.1, 0.15) is 11.6 Å². The van der Waals surface area contributed by atoms with Gasteiger partial charge in [-0.15, -0.1) is 0 Å². The molecule has 1 aromatic heterocycles. The normalized spacial score (nSPS) is 10.5. The van der Waals surface area contributed by atoms with Crippen LogP contribution in [0.5, 0.6) is 0 Å². The number of nitrogens with zero attached hydrogens (tertiary/aromatic N) is 2. The summed E-state index contributed by atoms with van der Waals surface area (Å²) >= 11 is 5.88. The molecule has 6 nitrogen and oxygen atoms in total. The van der Waals surface area contributed by atoms with Crippen LogP contribution in [0.15, 0.2) is 54.6 Å². The Morgan fingerprint density at radius 2 is 1.93 bits per heavy atom. The summed E-state index contributed by atoms with van der Waals surface area (Å²) in [4.78, 5) is 24.1. The Balaban J connectivity index is 1.60. The summed E-state index contributed by atoms with van der Waals surface area (Å²) < 4.78 is 20.2. The number of esters is 1. The molecule has 3 aromatic rings. The van der Waals surface area contributed by atoms with Gasteiger partial charge >= 0.3 is 5.97 Å². The van der Waals surface area contributed by atoms with Gasteiger partial charge in [0.15, 0.2) is 6.61 Å². The monoisotopic (exact) mass is 401 g/mol. The number of aryl methyl sites for hydroxylation is 1. The van der Waals surface area contributed by atoms with Crippen molar-refractivity contribution in [3.63, 3.8) is 0 Å². The number of ether oxygens (including phenoxy) is 1. The number of aromatic nitrogens is 2. The minimum atomic E-state index is -0.755. The predicted molar refractivity (Wildman–Crippen MR) is 103 cm³/mol. The van der Waals surface area contributed by atoms with Gasteiger partial charge in [-0.2, -0.15) is 5.10 Å². The Morgan fingerprint density at radius 1 is 1.18 bits per heavy atom. The first-order valence-electron chi connectivity index (χ1n) is 8.44. The average molecular weight is 402 g/mol. The number of carbonyl (C=O) groups is 2. The number of carbonyl (C=O) groups excluding carboxylic acids is 2. The molecule has 0 saturated carbocycles. The van der Waals surface area contributed by atoms with Crippen molar-refractivity contribution >= 4 is 29.3 Å². The Bertz CT molecular complexity index is 985. The smallest absolute Gasteiger partial charge is 0.310 e. The summed E-state index contributed by atoms with van der Waals surface area (Å²) in [6.45, 7) is 1.29. The summed E-state index contributed by atoms with van der Waals surface area (Å²) in [5.74, 6) is -1.45. The highest BCUT2D eigenvalue weighted by atomic mass is 35.5. The highest BCUT2D eigenvalue weighted by Gasteiger charge is 2.16. The van der Waals surface area contributed by atoms with Gasteiger partial charge in [0.05, 0.1) is 17.8 Å². The standard InChI is InChI=1S/C20H17ClFN3O3/c1-13-10-18(25(24-13)14-6-3-2-4-7-14)23-19(26)12-28-20(27)11-15-16(21)8-5-9-17(15)22/h2-10H,11-12H2,1H3,(H,23,26). The molecule has 1 amide bonds. The van der Waals surface area contributed by atoms with Crippen LogP contribution in [0, 0.1) is 12.7 Å². The number of benzene rings is 2. The van der Waals surface area contributed by atoms with Gasteiger partial charge in [0.2, 0.25) is 0 Å². The van der Waals surface area contributed by atoms with E-state index in [1.807, 2.05) is 30.3 Å². The number of hydrogen-bond acceptors (Lipinski definition) is 4. The summed E-state index contributed by atoms with van der Waals surface area (Å²) in [5.41, 5.74) is 1.52. The Labute approximate surface area is 165 Å². The zero-order chi connectivity index (χ0) is 20.1. The SMILES string of the molecule is Cc1cc(NC(=O)COC(=O)Cc2c(F)cccc2Cl)n(-c2ccccc2)n1. The first-order valence-corrected chi connectivity index (χ1v) is 8.82. The Hall–Kier alpha value is -3.19. The van der Waals surface area contributed by atoms with Crippen LogP contribution in [-0.4, -0.2) is 28.3 Å². The van der Waals surface area contributed by atoms with Gasteiger partial charge in [-0.05, 0) is 31.2 Å². The topological polar surface area (TPSA) is 73.2 Å². The maximum Gasteiger partial charge on any atom is 0.310 e. The number of amides is 1. The second kappa shape index (κ2) is 8.67. The molecule has 3 rings (SSSR count). The quantitative estimate of drug-likeness (QED) is 0.639. The number of anilines is 1. The Morgan fingerprint density at radius 3 is 2.64 bits per heavy atom. The second-order valence-electron chi connectivity index (χ2n) is 6.00. The molecule has 0 spiro atoms. The summed E-state index contributed by atoms with van der Waals surface area (Å²) in [6, 6.07) is 15.1. The molecule has 0 fully saturated rings. The number of nitrogens with one attached hydrogen (secondary N) is 1. The van der Waals surface area contributed by atoms with E-state index >= 15 is 0 Å². The molecular formula is C20H17ClFN3O3. The lowest BCUT2D eigenvalue weighted by Gasteiger charge is -2.10. The molecule has 2 aromatic carbocycles. The summed E-state index contributed by atoms with van der Waals surface area (Å²) in [6.07, 6.45) is -0.361. The molecule has 8 heteroatoms. The van der Waals surface area contributed by atoms with Gasteiger partial charge in [0, 0.05) is 16.7 Å². The number of halogens is 2. The first kappa shape index (κ1) is 19.6.